The highest BCUT2D eigenvalue weighted by Gasteiger charge is 2.20. The number of rotatable bonds is 1. The normalized spacial score (nSPS) is 12.1. The van der Waals surface area contributed by atoms with Gasteiger partial charge >= 0.3 is 0 Å². The van der Waals surface area contributed by atoms with Crippen molar-refractivity contribution in [1.82, 2.24) is 0 Å². The maximum atomic E-state index is 2.40. The molecule has 0 nitrogen and oxygen atoms in total. The largest absolute Gasteiger partial charge is 0.0622 e. The number of benzene rings is 8. The molecule has 156 valence electrons. The molecule has 0 N–H and O–H groups in total. The van der Waals surface area contributed by atoms with Crippen LogP contribution in [0.25, 0.3) is 75.8 Å². The van der Waals surface area contributed by atoms with E-state index in [1.807, 2.05) is 0 Å². The highest BCUT2D eigenvalue weighted by molar-refractivity contribution is 6.41. The molecule has 0 saturated heterocycles. The molecule has 8 aromatic rings. The zero-order chi connectivity index (χ0) is 22.2. The maximum Gasteiger partial charge on any atom is -0.000764 e. The minimum atomic E-state index is 1.27. The van der Waals surface area contributed by atoms with Gasteiger partial charge in [0, 0.05) is 0 Å². The van der Waals surface area contributed by atoms with Gasteiger partial charge in [0.1, 0.15) is 0 Å². The van der Waals surface area contributed by atoms with Crippen LogP contribution in [0, 0.1) is 0 Å². The van der Waals surface area contributed by atoms with Crippen LogP contribution in [0.5, 0.6) is 0 Å². The SMILES string of the molecule is c1ccc(-c2c3ccccc3c3cccc4c5cc6ccccc6c6cccc(c2c34)c65)cc1. The standard InChI is InChI=1S/C34H20/c1-2-10-21(11-3-1)31-26-15-7-6-14-24(26)27-17-8-18-28-30-20-22-12-4-5-13-23(22)25-16-9-19-29(32(25)30)34(31)33(27)28/h1-20H. The molecule has 8 rings (SSSR count). The van der Waals surface area contributed by atoms with Gasteiger partial charge in [-0.1, -0.05) is 115 Å². The molecule has 0 aliphatic rings. The molecule has 0 atom stereocenters. The summed E-state index contributed by atoms with van der Waals surface area (Å²) < 4.78 is 0. The van der Waals surface area contributed by atoms with Crippen molar-refractivity contribution in [3.8, 4) is 11.1 Å². The van der Waals surface area contributed by atoms with Crippen molar-refractivity contribution in [1.29, 1.82) is 0 Å². The smallest absolute Gasteiger partial charge is 0.000764 e. The molecule has 0 fully saturated rings. The first-order valence-corrected chi connectivity index (χ1v) is 11.9. The maximum absolute atomic E-state index is 2.40. The Morgan fingerprint density at radius 3 is 1.65 bits per heavy atom. The van der Waals surface area contributed by atoms with Gasteiger partial charge in [-0.15, -0.1) is 0 Å². The quantitative estimate of drug-likeness (QED) is 0.180. The molecule has 8 aromatic carbocycles. The second-order valence-corrected chi connectivity index (χ2v) is 9.26. The summed E-state index contributed by atoms with van der Waals surface area (Å²) in [4.78, 5) is 0. The van der Waals surface area contributed by atoms with Crippen LogP contribution >= 0.6 is 0 Å². The zero-order valence-electron chi connectivity index (χ0n) is 18.5. The van der Waals surface area contributed by atoms with E-state index in [2.05, 4.69) is 121 Å². The monoisotopic (exact) mass is 428 g/mol. The Balaban J connectivity index is 1.79. The second-order valence-electron chi connectivity index (χ2n) is 9.26. The van der Waals surface area contributed by atoms with Gasteiger partial charge in [0.25, 0.3) is 0 Å². The summed E-state index contributed by atoms with van der Waals surface area (Å²) in [6.07, 6.45) is 0. The van der Waals surface area contributed by atoms with Crippen LogP contribution in [-0.4, -0.2) is 0 Å². The van der Waals surface area contributed by atoms with Crippen LogP contribution in [0.3, 0.4) is 0 Å². The molecular formula is C34H20. The fourth-order valence-electron chi connectivity index (χ4n) is 6.22. The topological polar surface area (TPSA) is 0 Å². The first-order chi connectivity index (χ1) is 16.9. The number of fused-ring (bicyclic) bond motifs is 6. The van der Waals surface area contributed by atoms with E-state index in [4.69, 9.17) is 0 Å². The third kappa shape index (κ3) is 2.23. The van der Waals surface area contributed by atoms with E-state index in [0.29, 0.717) is 0 Å². The Labute approximate surface area is 197 Å². The van der Waals surface area contributed by atoms with Crippen molar-refractivity contribution in [3.05, 3.63) is 121 Å². The van der Waals surface area contributed by atoms with Crippen LogP contribution in [0.4, 0.5) is 0 Å². The fourth-order valence-corrected chi connectivity index (χ4v) is 6.22. The Kier molecular flexibility index (Phi) is 3.48. The van der Waals surface area contributed by atoms with E-state index in [-0.39, 0.29) is 0 Å². The highest BCUT2D eigenvalue weighted by Crippen LogP contribution is 2.49. The highest BCUT2D eigenvalue weighted by atomic mass is 14.2. The van der Waals surface area contributed by atoms with Crippen molar-refractivity contribution < 1.29 is 0 Å². The molecule has 34 heavy (non-hydrogen) atoms. The lowest BCUT2D eigenvalue weighted by molar-refractivity contribution is 1.68. The molecule has 0 heteroatoms. The van der Waals surface area contributed by atoms with Crippen molar-refractivity contribution in [2.24, 2.45) is 0 Å². The van der Waals surface area contributed by atoms with Crippen molar-refractivity contribution >= 4 is 64.6 Å². The van der Waals surface area contributed by atoms with E-state index in [1.54, 1.807) is 0 Å². The van der Waals surface area contributed by atoms with Crippen molar-refractivity contribution in [2.45, 2.75) is 0 Å². The third-order valence-electron chi connectivity index (χ3n) is 7.56. The molecule has 0 bridgehead atoms. The van der Waals surface area contributed by atoms with Gasteiger partial charge < -0.3 is 0 Å². The zero-order valence-corrected chi connectivity index (χ0v) is 18.5. The summed E-state index contributed by atoms with van der Waals surface area (Å²) in [6.45, 7) is 0. The first-order valence-electron chi connectivity index (χ1n) is 11.9. The lowest BCUT2D eigenvalue weighted by Gasteiger charge is -2.21. The van der Waals surface area contributed by atoms with Crippen LogP contribution in [0.15, 0.2) is 121 Å². The predicted molar refractivity (Wildman–Crippen MR) is 148 cm³/mol. The lowest BCUT2D eigenvalue weighted by Crippen LogP contribution is -1.92. The van der Waals surface area contributed by atoms with E-state index in [0.717, 1.165) is 0 Å². The summed E-state index contributed by atoms with van der Waals surface area (Å²) in [6, 6.07) is 44.7. The minimum Gasteiger partial charge on any atom is -0.0622 e. The average molecular weight is 429 g/mol. The van der Waals surface area contributed by atoms with Gasteiger partial charge in [0.2, 0.25) is 0 Å². The third-order valence-corrected chi connectivity index (χ3v) is 7.56. The molecule has 0 amide bonds. The van der Waals surface area contributed by atoms with Gasteiger partial charge in [-0.2, -0.15) is 0 Å². The van der Waals surface area contributed by atoms with Crippen LogP contribution in [-0.2, 0) is 0 Å². The summed E-state index contributed by atoms with van der Waals surface area (Å²) in [5, 5.41) is 16.0. The Morgan fingerprint density at radius 2 is 0.853 bits per heavy atom. The van der Waals surface area contributed by atoms with E-state index in [1.165, 1.54) is 75.8 Å². The fraction of sp³-hybridized carbons (Fsp3) is 0. The lowest BCUT2D eigenvalue weighted by atomic mass is 9.82. The first kappa shape index (κ1) is 18.1. The van der Waals surface area contributed by atoms with Crippen molar-refractivity contribution in [2.75, 3.05) is 0 Å². The number of hydrogen-bond acceptors (Lipinski definition) is 0. The molecule has 0 saturated carbocycles. The summed E-state index contributed by atoms with van der Waals surface area (Å²) in [5.41, 5.74) is 2.61. The van der Waals surface area contributed by atoms with Gasteiger partial charge in [-0.05, 0) is 81.8 Å². The van der Waals surface area contributed by atoms with E-state index in [9.17, 15) is 0 Å². The molecule has 0 aliphatic carbocycles. The van der Waals surface area contributed by atoms with Gasteiger partial charge in [-0.25, -0.2) is 0 Å². The predicted octanol–water partition coefficient (Wildman–Crippen LogP) is 9.71. The number of hydrogen-bond donors (Lipinski definition) is 0. The summed E-state index contributed by atoms with van der Waals surface area (Å²) in [5.74, 6) is 0. The van der Waals surface area contributed by atoms with Crippen LogP contribution in [0.2, 0.25) is 0 Å². The summed E-state index contributed by atoms with van der Waals surface area (Å²) in [7, 11) is 0. The van der Waals surface area contributed by atoms with Gasteiger partial charge in [-0.3, -0.25) is 0 Å². The minimum absolute atomic E-state index is 1.27. The van der Waals surface area contributed by atoms with Crippen LogP contribution in [0.1, 0.15) is 0 Å². The van der Waals surface area contributed by atoms with Gasteiger partial charge in [0.05, 0.1) is 0 Å². The van der Waals surface area contributed by atoms with E-state index >= 15 is 0 Å². The van der Waals surface area contributed by atoms with Crippen molar-refractivity contribution in [3.63, 3.8) is 0 Å². The molecular weight excluding hydrogens is 408 g/mol. The van der Waals surface area contributed by atoms with E-state index < -0.39 is 0 Å². The van der Waals surface area contributed by atoms with Crippen LogP contribution < -0.4 is 0 Å². The molecule has 0 aliphatic heterocycles. The molecule has 0 aromatic heterocycles. The van der Waals surface area contributed by atoms with Gasteiger partial charge in [0.15, 0.2) is 0 Å². The Morgan fingerprint density at radius 1 is 0.294 bits per heavy atom. The summed E-state index contributed by atoms with van der Waals surface area (Å²) >= 11 is 0. The average Bonchev–Trinajstić information content (AvgIpc) is 2.91. The molecule has 0 spiro atoms. The second kappa shape index (κ2) is 6.56. The Hall–Kier alpha value is -4.42. The molecule has 0 heterocycles. The molecule has 0 radical (unpaired) electrons. The Bertz CT molecular complexity index is 2050. The molecule has 0 unspecified atom stereocenters.